The lowest BCUT2D eigenvalue weighted by atomic mass is 9.80. The number of nitrogens with one attached hydrogen (secondary N) is 1. The molecule has 6 nitrogen and oxygen atoms in total. The Labute approximate surface area is 161 Å². The molecule has 0 bridgehead atoms. The topological polar surface area (TPSA) is 78.9 Å². The standard InChI is InChI=1S/C20H22N2O4S/c1-13-5-2-3-6-16(13)26-12-14(23)11-22-18(24)20(21-19(22)25)9-4-7-17-15(20)8-10-27-17/h2-3,5-6,8,10,14,23H,4,7,9,11-12H2,1H3,(H,21,25)/t14-,20-/m0/s1. The molecule has 0 saturated carbocycles. The smallest absolute Gasteiger partial charge is 0.325 e. The van der Waals surface area contributed by atoms with E-state index in [0.717, 1.165) is 33.7 Å². The second kappa shape index (κ2) is 6.98. The zero-order valence-electron chi connectivity index (χ0n) is 15.1. The molecule has 2 aliphatic rings. The quantitative estimate of drug-likeness (QED) is 0.774. The molecule has 1 aliphatic heterocycles. The number of hydrogen-bond acceptors (Lipinski definition) is 5. The zero-order chi connectivity index (χ0) is 19.0. The number of para-hydroxylation sites is 1. The van der Waals surface area contributed by atoms with Crippen LogP contribution >= 0.6 is 11.3 Å². The van der Waals surface area contributed by atoms with Crippen molar-refractivity contribution in [3.05, 3.63) is 51.7 Å². The number of rotatable bonds is 5. The minimum Gasteiger partial charge on any atom is -0.491 e. The summed E-state index contributed by atoms with van der Waals surface area (Å²) in [5.74, 6) is 0.405. The van der Waals surface area contributed by atoms with Gasteiger partial charge in [-0.05, 0) is 49.3 Å². The fourth-order valence-corrected chi connectivity index (χ4v) is 4.87. The predicted octanol–water partition coefficient (Wildman–Crippen LogP) is 2.58. The van der Waals surface area contributed by atoms with Crippen molar-refractivity contribution in [3.8, 4) is 5.75 Å². The van der Waals surface area contributed by atoms with Crippen LogP contribution in [0.25, 0.3) is 0 Å². The molecule has 1 aromatic carbocycles. The van der Waals surface area contributed by atoms with Gasteiger partial charge in [-0.15, -0.1) is 11.3 Å². The number of aryl methyl sites for hydroxylation is 2. The van der Waals surface area contributed by atoms with Crippen LogP contribution < -0.4 is 10.1 Å². The second-order valence-corrected chi connectivity index (χ2v) is 8.09. The van der Waals surface area contributed by atoms with E-state index >= 15 is 0 Å². The molecular formula is C20H22N2O4S. The van der Waals surface area contributed by atoms with Crippen LogP contribution in [0.2, 0.25) is 0 Å². The second-order valence-electron chi connectivity index (χ2n) is 7.09. The van der Waals surface area contributed by atoms with Crippen LogP contribution in [-0.2, 0) is 16.8 Å². The van der Waals surface area contributed by atoms with Gasteiger partial charge in [-0.1, -0.05) is 18.2 Å². The monoisotopic (exact) mass is 386 g/mol. The molecule has 0 radical (unpaired) electrons. The van der Waals surface area contributed by atoms with E-state index in [9.17, 15) is 14.7 Å². The first-order valence-electron chi connectivity index (χ1n) is 9.09. The van der Waals surface area contributed by atoms with Crippen molar-refractivity contribution in [3.63, 3.8) is 0 Å². The number of β-amino-alcohol motifs (C(OH)–C–C–N with tert-alkyl or cyclic N) is 1. The van der Waals surface area contributed by atoms with Crippen LogP contribution in [0.3, 0.4) is 0 Å². The predicted molar refractivity (Wildman–Crippen MR) is 102 cm³/mol. The molecule has 2 N–H and O–H groups in total. The van der Waals surface area contributed by atoms with Crippen LogP contribution in [0.1, 0.15) is 28.8 Å². The van der Waals surface area contributed by atoms with Gasteiger partial charge < -0.3 is 15.2 Å². The van der Waals surface area contributed by atoms with E-state index in [2.05, 4.69) is 5.32 Å². The van der Waals surface area contributed by atoms with Crippen LogP contribution in [0, 0.1) is 6.92 Å². The van der Waals surface area contributed by atoms with E-state index in [0.29, 0.717) is 12.2 Å². The number of carbonyl (C=O) groups is 2. The number of nitrogens with zero attached hydrogens (tertiary/aromatic N) is 1. The minimum absolute atomic E-state index is 0.0125. The van der Waals surface area contributed by atoms with E-state index in [1.807, 2.05) is 42.6 Å². The lowest BCUT2D eigenvalue weighted by Crippen LogP contribution is -2.46. The zero-order valence-corrected chi connectivity index (χ0v) is 15.9. The summed E-state index contributed by atoms with van der Waals surface area (Å²) in [6.07, 6.45) is 1.42. The van der Waals surface area contributed by atoms with Crippen molar-refractivity contribution in [1.82, 2.24) is 10.2 Å². The van der Waals surface area contributed by atoms with Crippen LogP contribution in [-0.4, -0.2) is 41.2 Å². The number of ether oxygens (including phenoxy) is 1. The lowest BCUT2D eigenvalue weighted by molar-refractivity contribution is -0.133. The van der Waals surface area contributed by atoms with Gasteiger partial charge in [0.25, 0.3) is 5.91 Å². The molecule has 2 atom stereocenters. The molecule has 1 fully saturated rings. The highest BCUT2D eigenvalue weighted by Gasteiger charge is 2.54. The van der Waals surface area contributed by atoms with Gasteiger partial charge in [0.1, 0.15) is 24.0 Å². The number of aliphatic hydroxyl groups excluding tert-OH is 1. The third-order valence-corrected chi connectivity index (χ3v) is 6.24. The largest absolute Gasteiger partial charge is 0.491 e. The third kappa shape index (κ3) is 3.11. The maximum atomic E-state index is 13.1. The molecular weight excluding hydrogens is 364 g/mol. The summed E-state index contributed by atoms with van der Waals surface area (Å²) in [7, 11) is 0. The molecule has 3 amide bonds. The Morgan fingerprint density at radius 2 is 2.15 bits per heavy atom. The molecule has 2 aromatic rings. The fraction of sp³-hybridized carbons (Fsp3) is 0.400. The Balaban J connectivity index is 1.45. The Hall–Kier alpha value is -2.38. The van der Waals surface area contributed by atoms with Crippen LogP contribution in [0.5, 0.6) is 5.75 Å². The molecule has 1 aliphatic carbocycles. The first-order valence-corrected chi connectivity index (χ1v) is 9.97. The number of imide groups is 1. The summed E-state index contributed by atoms with van der Waals surface area (Å²) in [6, 6.07) is 8.99. The lowest BCUT2D eigenvalue weighted by Gasteiger charge is -2.31. The summed E-state index contributed by atoms with van der Waals surface area (Å²) < 4.78 is 5.64. The van der Waals surface area contributed by atoms with Gasteiger partial charge in [0.05, 0.1) is 6.54 Å². The van der Waals surface area contributed by atoms with Gasteiger partial charge in [-0.3, -0.25) is 9.69 Å². The molecule has 1 aromatic heterocycles. The van der Waals surface area contributed by atoms with Crippen molar-refractivity contribution in [2.24, 2.45) is 0 Å². The number of benzene rings is 1. The number of fused-ring (bicyclic) bond motifs is 2. The van der Waals surface area contributed by atoms with Gasteiger partial charge in [0.15, 0.2) is 0 Å². The van der Waals surface area contributed by atoms with Crippen molar-refractivity contribution in [1.29, 1.82) is 0 Å². The summed E-state index contributed by atoms with van der Waals surface area (Å²) in [6.45, 7) is 1.85. The van der Waals surface area contributed by atoms with E-state index in [1.165, 1.54) is 0 Å². The minimum atomic E-state index is -0.971. The number of hydrogen-bond donors (Lipinski definition) is 2. The van der Waals surface area contributed by atoms with Gasteiger partial charge >= 0.3 is 6.03 Å². The number of carbonyl (C=O) groups excluding carboxylic acids is 2. The summed E-state index contributed by atoms with van der Waals surface area (Å²) in [4.78, 5) is 27.9. The number of amides is 3. The van der Waals surface area contributed by atoms with E-state index in [-0.39, 0.29) is 19.1 Å². The Morgan fingerprint density at radius 3 is 2.96 bits per heavy atom. The van der Waals surface area contributed by atoms with Crippen molar-refractivity contribution < 1.29 is 19.4 Å². The average molecular weight is 386 g/mol. The Morgan fingerprint density at radius 1 is 1.33 bits per heavy atom. The van der Waals surface area contributed by atoms with Crippen molar-refractivity contribution >= 4 is 23.3 Å². The molecule has 2 heterocycles. The molecule has 1 spiro atoms. The van der Waals surface area contributed by atoms with Crippen molar-refractivity contribution in [2.75, 3.05) is 13.2 Å². The van der Waals surface area contributed by atoms with Crippen LogP contribution in [0.15, 0.2) is 35.7 Å². The number of thiophene rings is 1. The first-order chi connectivity index (χ1) is 13.0. The van der Waals surface area contributed by atoms with Gasteiger partial charge in [0.2, 0.25) is 0 Å². The van der Waals surface area contributed by atoms with Gasteiger partial charge in [0, 0.05) is 10.4 Å². The van der Waals surface area contributed by atoms with Gasteiger partial charge in [-0.25, -0.2) is 4.79 Å². The highest BCUT2D eigenvalue weighted by atomic mass is 32.1. The Kier molecular flexibility index (Phi) is 4.65. The molecule has 27 heavy (non-hydrogen) atoms. The van der Waals surface area contributed by atoms with E-state index in [4.69, 9.17) is 4.74 Å². The summed E-state index contributed by atoms with van der Waals surface area (Å²) >= 11 is 1.62. The average Bonchev–Trinajstić information content (AvgIpc) is 3.22. The number of aliphatic hydroxyl groups is 1. The van der Waals surface area contributed by atoms with E-state index < -0.39 is 17.7 Å². The maximum absolute atomic E-state index is 13.1. The van der Waals surface area contributed by atoms with Gasteiger partial charge in [-0.2, -0.15) is 0 Å². The summed E-state index contributed by atoms with van der Waals surface area (Å²) in [5, 5.41) is 15.2. The molecule has 7 heteroatoms. The highest BCUT2D eigenvalue weighted by molar-refractivity contribution is 7.10. The van der Waals surface area contributed by atoms with E-state index in [1.54, 1.807) is 11.3 Å². The maximum Gasteiger partial charge on any atom is 0.325 e. The fourth-order valence-electron chi connectivity index (χ4n) is 3.87. The van der Waals surface area contributed by atoms with Crippen molar-refractivity contribution in [2.45, 2.75) is 37.8 Å². The molecule has 0 unspecified atom stereocenters. The first kappa shape index (κ1) is 18.0. The molecule has 142 valence electrons. The molecule has 4 rings (SSSR count). The normalized spacial score (nSPS) is 22.7. The van der Waals surface area contributed by atoms with Crippen LogP contribution in [0.4, 0.5) is 4.79 Å². The highest BCUT2D eigenvalue weighted by Crippen LogP contribution is 2.42. The molecule has 1 saturated heterocycles. The SMILES string of the molecule is Cc1ccccc1OC[C@@H](O)CN1C(=O)N[C@]2(CCCc3sccc32)C1=O. The Bertz CT molecular complexity index is 880. The third-order valence-electron chi connectivity index (χ3n) is 5.25. The number of urea groups is 1. The summed E-state index contributed by atoms with van der Waals surface area (Å²) in [5.41, 5.74) is 0.900.